The van der Waals surface area contributed by atoms with E-state index in [9.17, 15) is 4.39 Å². The SMILES string of the molecule is C[C@H](N)c1cc2ccc(F)cc2[nH]1. The van der Waals surface area contributed by atoms with E-state index in [1.807, 2.05) is 13.0 Å². The number of nitrogens with two attached hydrogens (primary N) is 1. The smallest absolute Gasteiger partial charge is 0.125 e. The van der Waals surface area contributed by atoms with E-state index in [0.29, 0.717) is 0 Å². The highest BCUT2D eigenvalue weighted by Crippen LogP contribution is 2.19. The Balaban J connectivity index is 2.62. The lowest BCUT2D eigenvalue weighted by molar-refractivity contribution is 0.629. The summed E-state index contributed by atoms with van der Waals surface area (Å²) in [7, 11) is 0. The van der Waals surface area contributed by atoms with Crippen LogP contribution in [0.3, 0.4) is 0 Å². The first-order valence-corrected chi connectivity index (χ1v) is 4.20. The molecule has 0 aliphatic carbocycles. The minimum absolute atomic E-state index is 0.0459. The molecule has 1 atom stereocenters. The molecule has 0 aliphatic rings. The number of H-pyrrole nitrogens is 1. The summed E-state index contributed by atoms with van der Waals surface area (Å²) in [5.41, 5.74) is 7.42. The second kappa shape index (κ2) is 2.85. The monoisotopic (exact) mass is 178 g/mol. The third-order valence-electron chi connectivity index (χ3n) is 2.10. The van der Waals surface area contributed by atoms with Crippen LogP contribution < -0.4 is 5.73 Å². The summed E-state index contributed by atoms with van der Waals surface area (Å²) in [6, 6.07) is 6.56. The van der Waals surface area contributed by atoms with Crippen LogP contribution in [-0.4, -0.2) is 4.98 Å². The van der Waals surface area contributed by atoms with Gasteiger partial charge in [0.2, 0.25) is 0 Å². The van der Waals surface area contributed by atoms with Crippen molar-refractivity contribution in [2.24, 2.45) is 5.73 Å². The van der Waals surface area contributed by atoms with Crippen molar-refractivity contribution in [1.29, 1.82) is 0 Å². The number of benzene rings is 1. The predicted molar refractivity (Wildman–Crippen MR) is 50.9 cm³/mol. The van der Waals surface area contributed by atoms with Crippen molar-refractivity contribution in [2.75, 3.05) is 0 Å². The van der Waals surface area contributed by atoms with Gasteiger partial charge in [-0.2, -0.15) is 0 Å². The van der Waals surface area contributed by atoms with Gasteiger partial charge in [0.15, 0.2) is 0 Å². The summed E-state index contributed by atoms with van der Waals surface area (Å²) in [5, 5.41) is 0.994. The van der Waals surface area contributed by atoms with Crippen molar-refractivity contribution in [3.05, 3.63) is 35.8 Å². The summed E-state index contributed by atoms with van der Waals surface area (Å²) < 4.78 is 12.8. The Kier molecular flexibility index (Phi) is 1.81. The van der Waals surface area contributed by atoms with Gasteiger partial charge in [-0.15, -0.1) is 0 Å². The molecule has 0 unspecified atom stereocenters. The molecule has 0 amide bonds. The summed E-state index contributed by atoms with van der Waals surface area (Å²) in [5.74, 6) is -0.231. The third-order valence-corrected chi connectivity index (χ3v) is 2.10. The fourth-order valence-corrected chi connectivity index (χ4v) is 1.37. The standard InChI is InChI=1S/C10H11FN2/c1-6(12)9-4-7-2-3-8(11)5-10(7)13-9/h2-6,13H,12H2,1H3/t6-/m0/s1. The van der Waals surface area contributed by atoms with Crippen LogP contribution in [-0.2, 0) is 0 Å². The van der Waals surface area contributed by atoms with Gasteiger partial charge in [0.1, 0.15) is 5.82 Å². The first-order chi connectivity index (χ1) is 6.16. The minimum atomic E-state index is -0.231. The van der Waals surface area contributed by atoms with Crippen molar-refractivity contribution < 1.29 is 4.39 Å². The first kappa shape index (κ1) is 8.26. The Morgan fingerprint density at radius 2 is 2.15 bits per heavy atom. The second-order valence-electron chi connectivity index (χ2n) is 3.24. The normalized spacial score (nSPS) is 13.5. The maximum absolute atomic E-state index is 12.8. The van der Waals surface area contributed by atoms with Crippen molar-refractivity contribution in [3.63, 3.8) is 0 Å². The third kappa shape index (κ3) is 1.42. The van der Waals surface area contributed by atoms with Crippen molar-refractivity contribution in [2.45, 2.75) is 13.0 Å². The number of aromatic amines is 1. The van der Waals surface area contributed by atoms with Crippen molar-refractivity contribution in [3.8, 4) is 0 Å². The summed E-state index contributed by atoms with van der Waals surface area (Å²) in [4.78, 5) is 3.07. The van der Waals surface area contributed by atoms with Gasteiger partial charge in [0.05, 0.1) is 0 Å². The second-order valence-corrected chi connectivity index (χ2v) is 3.24. The van der Waals surface area contributed by atoms with Crippen LogP contribution >= 0.6 is 0 Å². The zero-order valence-electron chi connectivity index (χ0n) is 7.34. The van der Waals surface area contributed by atoms with Gasteiger partial charge in [-0.05, 0) is 36.6 Å². The fourth-order valence-electron chi connectivity index (χ4n) is 1.37. The van der Waals surface area contributed by atoms with Gasteiger partial charge < -0.3 is 10.7 Å². The largest absolute Gasteiger partial charge is 0.357 e. The average molecular weight is 178 g/mol. The van der Waals surface area contributed by atoms with Crippen LogP contribution in [0.15, 0.2) is 24.3 Å². The zero-order chi connectivity index (χ0) is 9.42. The lowest BCUT2D eigenvalue weighted by atomic mass is 10.2. The quantitative estimate of drug-likeness (QED) is 0.691. The van der Waals surface area contributed by atoms with E-state index in [2.05, 4.69) is 4.98 Å². The first-order valence-electron chi connectivity index (χ1n) is 4.20. The highest BCUT2D eigenvalue weighted by Gasteiger charge is 2.04. The lowest BCUT2D eigenvalue weighted by Crippen LogP contribution is -2.04. The van der Waals surface area contributed by atoms with Crippen LogP contribution in [0.1, 0.15) is 18.7 Å². The average Bonchev–Trinajstić information content (AvgIpc) is 2.46. The van der Waals surface area contributed by atoms with Crippen LogP contribution in [0, 0.1) is 5.82 Å². The van der Waals surface area contributed by atoms with Crippen LogP contribution in [0.5, 0.6) is 0 Å². The Labute approximate surface area is 75.6 Å². The molecule has 68 valence electrons. The fraction of sp³-hybridized carbons (Fsp3) is 0.200. The number of aromatic nitrogens is 1. The summed E-state index contributed by atoms with van der Waals surface area (Å²) in [6.45, 7) is 1.89. The Morgan fingerprint density at radius 1 is 1.38 bits per heavy atom. The van der Waals surface area contributed by atoms with E-state index < -0.39 is 0 Å². The number of fused-ring (bicyclic) bond motifs is 1. The van der Waals surface area contributed by atoms with Gasteiger partial charge in [-0.1, -0.05) is 0 Å². The molecule has 0 fully saturated rings. The van der Waals surface area contributed by atoms with Gasteiger partial charge in [0.25, 0.3) is 0 Å². The molecule has 2 nitrogen and oxygen atoms in total. The Hall–Kier alpha value is -1.35. The van der Waals surface area contributed by atoms with Gasteiger partial charge in [-0.25, -0.2) is 4.39 Å². The van der Waals surface area contributed by atoms with E-state index in [1.54, 1.807) is 6.07 Å². The van der Waals surface area contributed by atoms with E-state index in [0.717, 1.165) is 16.6 Å². The number of nitrogens with one attached hydrogen (secondary N) is 1. The van der Waals surface area contributed by atoms with Gasteiger partial charge in [-0.3, -0.25) is 0 Å². The molecule has 1 aromatic heterocycles. The van der Waals surface area contributed by atoms with Crippen LogP contribution in [0.2, 0.25) is 0 Å². The Bertz CT molecular complexity index is 431. The lowest BCUT2D eigenvalue weighted by Gasteiger charge is -1.98. The minimum Gasteiger partial charge on any atom is -0.357 e. The maximum atomic E-state index is 12.8. The number of rotatable bonds is 1. The number of hydrogen-bond acceptors (Lipinski definition) is 1. The van der Waals surface area contributed by atoms with E-state index >= 15 is 0 Å². The van der Waals surface area contributed by atoms with Crippen LogP contribution in [0.4, 0.5) is 4.39 Å². The molecule has 0 spiro atoms. The Morgan fingerprint density at radius 3 is 2.85 bits per heavy atom. The molecule has 2 aromatic rings. The van der Waals surface area contributed by atoms with E-state index in [-0.39, 0.29) is 11.9 Å². The molecule has 0 saturated heterocycles. The van der Waals surface area contributed by atoms with E-state index in [1.165, 1.54) is 12.1 Å². The summed E-state index contributed by atoms with van der Waals surface area (Å²) >= 11 is 0. The van der Waals surface area contributed by atoms with Crippen molar-refractivity contribution in [1.82, 2.24) is 4.98 Å². The molecule has 0 radical (unpaired) electrons. The molecule has 13 heavy (non-hydrogen) atoms. The molecule has 1 aromatic carbocycles. The number of halogens is 1. The van der Waals surface area contributed by atoms with Gasteiger partial charge >= 0.3 is 0 Å². The molecule has 0 saturated carbocycles. The highest BCUT2D eigenvalue weighted by atomic mass is 19.1. The maximum Gasteiger partial charge on any atom is 0.125 e. The van der Waals surface area contributed by atoms with E-state index in [4.69, 9.17) is 5.73 Å². The molecule has 1 heterocycles. The van der Waals surface area contributed by atoms with Gasteiger partial charge in [0, 0.05) is 17.3 Å². The molecule has 3 N–H and O–H groups in total. The molecular weight excluding hydrogens is 167 g/mol. The molecule has 0 aliphatic heterocycles. The van der Waals surface area contributed by atoms with Crippen molar-refractivity contribution >= 4 is 10.9 Å². The molecule has 2 rings (SSSR count). The highest BCUT2D eigenvalue weighted by molar-refractivity contribution is 5.80. The predicted octanol–water partition coefficient (Wildman–Crippen LogP) is 2.33. The summed E-state index contributed by atoms with van der Waals surface area (Å²) in [6.07, 6.45) is 0. The van der Waals surface area contributed by atoms with Crippen LogP contribution in [0.25, 0.3) is 10.9 Å². The zero-order valence-corrected chi connectivity index (χ0v) is 7.34. The molecule has 0 bridgehead atoms. The molecule has 3 heteroatoms. The number of hydrogen-bond donors (Lipinski definition) is 2. The topological polar surface area (TPSA) is 41.8 Å². The molecular formula is C10H11FN2.